The molecule has 1 fully saturated rings. The van der Waals surface area contributed by atoms with Gasteiger partial charge in [-0.2, -0.15) is 0 Å². The van der Waals surface area contributed by atoms with Crippen molar-refractivity contribution in [2.75, 3.05) is 26.2 Å². The summed E-state index contributed by atoms with van der Waals surface area (Å²) in [5.41, 5.74) is 36.0. The van der Waals surface area contributed by atoms with Crippen LogP contribution in [0.1, 0.15) is 88.7 Å². The van der Waals surface area contributed by atoms with Crippen LogP contribution in [0.3, 0.4) is 0 Å². The Morgan fingerprint density at radius 2 is 1.39 bits per heavy atom. The molecule has 24 nitrogen and oxygen atoms in total. The number of H-pyrrole nitrogens is 1. The number of rotatable bonds is 18. The molecule has 2 heterocycles. The zero-order chi connectivity index (χ0) is 54.2. The van der Waals surface area contributed by atoms with E-state index in [0.29, 0.717) is 5.56 Å². The van der Waals surface area contributed by atoms with Crippen LogP contribution in [0, 0.1) is 11.8 Å². The number of benzene rings is 2. The summed E-state index contributed by atoms with van der Waals surface area (Å²) >= 11 is 0. The van der Waals surface area contributed by atoms with E-state index in [1.54, 1.807) is 36.5 Å². The topological polar surface area (TPSA) is 422 Å². The van der Waals surface area contributed by atoms with E-state index < -0.39 is 95.0 Å². The predicted octanol–water partition coefficient (Wildman–Crippen LogP) is -1.82. The average Bonchev–Trinajstić information content (AvgIpc) is 3.76. The molecule has 4 rings (SSSR count). The summed E-state index contributed by atoms with van der Waals surface area (Å²) in [6.07, 6.45) is 1.32. The van der Waals surface area contributed by atoms with Crippen LogP contribution in [0.4, 0.5) is 0 Å². The predicted molar refractivity (Wildman–Crippen MR) is 278 cm³/mol. The Balaban J connectivity index is 1.75. The number of nitrogens with one attached hydrogen (secondary N) is 7. The van der Waals surface area contributed by atoms with Gasteiger partial charge in [0.2, 0.25) is 41.4 Å². The van der Waals surface area contributed by atoms with E-state index >= 15 is 0 Å². The molecule has 19 N–H and O–H groups in total. The molecule has 0 saturated carbocycles. The molecule has 0 radical (unpaired) electrons. The highest BCUT2D eigenvalue weighted by Crippen LogP contribution is 2.26. The third-order valence-corrected chi connectivity index (χ3v) is 12.5. The van der Waals surface area contributed by atoms with Gasteiger partial charge in [0.1, 0.15) is 30.0 Å². The first-order valence-corrected chi connectivity index (χ1v) is 24.8. The van der Waals surface area contributed by atoms with Crippen molar-refractivity contribution in [3.05, 3.63) is 71.9 Å². The molecule has 24 heteroatoms. The number of aliphatic imine (C=N–C) groups is 2. The lowest BCUT2D eigenvalue weighted by atomic mass is 9.83. The van der Waals surface area contributed by atoms with Crippen molar-refractivity contribution in [3.63, 3.8) is 0 Å². The van der Waals surface area contributed by atoms with Crippen LogP contribution in [0.15, 0.2) is 70.8 Å². The summed E-state index contributed by atoms with van der Waals surface area (Å²) in [7, 11) is 0. The summed E-state index contributed by atoms with van der Waals surface area (Å²) in [6, 6.07) is 9.85. The number of Topliss-reactive ketones (excluding diaryl/α,β-unsaturated/α-hetero) is 2. The summed E-state index contributed by atoms with van der Waals surface area (Å²) < 4.78 is 0. The lowest BCUT2D eigenvalue weighted by molar-refractivity contribution is -0.135. The molecule has 1 aliphatic rings. The molecule has 1 aromatic heterocycles. The number of nitrogens with two attached hydrogens (primary N) is 6. The molecule has 0 bridgehead atoms. The Labute approximate surface area is 429 Å². The van der Waals surface area contributed by atoms with Gasteiger partial charge in [-0.1, -0.05) is 48.5 Å². The smallest absolute Gasteiger partial charge is 0.243 e. The molecule has 1 aliphatic heterocycles. The van der Waals surface area contributed by atoms with E-state index in [1.165, 1.54) is 6.92 Å². The maximum absolute atomic E-state index is 14.7. The largest absolute Gasteiger partial charge is 0.370 e. The second-order valence-electron chi connectivity index (χ2n) is 18.4. The van der Waals surface area contributed by atoms with Gasteiger partial charge in [0.15, 0.2) is 17.7 Å². The highest BCUT2D eigenvalue weighted by molar-refractivity contribution is 5.98. The zero-order valence-electron chi connectivity index (χ0n) is 41.9. The van der Waals surface area contributed by atoms with Crippen LogP contribution in [0.25, 0.3) is 10.9 Å². The Morgan fingerprint density at radius 3 is 2.07 bits per heavy atom. The lowest BCUT2D eigenvalue weighted by Crippen LogP contribution is -2.58. The van der Waals surface area contributed by atoms with Crippen LogP contribution in [-0.2, 0) is 56.0 Å². The molecule has 0 spiro atoms. The molecule has 3 aromatic rings. The van der Waals surface area contributed by atoms with Crippen LogP contribution in [-0.4, -0.2) is 126 Å². The molecule has 2 aromatic carbocycles. The monoisotopic (exact) mass is 1030 g/mol. The number of amides is 7. The van der Waals surface area contributed by atoms with Crippen molar-refractivity contribution >= 4 is 75.7 Å². The van der Waals surface area contributed by atoms with E-state index in [9.17, 15) is 43.2 Å². The highest BCUT2D eigenvalue weighted by atomic mass is 16.2. The first-order chi connectivity index (χ1) is 35.3. The van der Waals surface area contributed by atoms with Crippen molar-refractivity contribution in [1.29, 1.82) is 0 Å². The molecule has 0 unspecified atom stereocenters. The minimum atomic E-state index is -1.40. The number of hydrogen-bond donors (Lipinski definition) is 13. The standard InChI is InChI=1S/C50H73N15O9/c1-29(66)61-37(16-9-22-59-50(55)56)46(72)64-39-19-23-57-43(69)17-7-15-36(44(52)70)62-45(71)32(25-33-28-60-35-14-6-5-13-34(33)35)27-41(67)31(12-8-21-58-49(53)54)26-42(68)40(24-30-10-3-2-4-11-30)65-47(73)38(18-20-51)63-48(39)74/h2-6,10-11,13-14,28,31-32,36-40,60H,7-9,12,15-27,51H2,1H3,(H2,52,70)(H,57,69)(H,61,66)(H,62,71)(H,63,74)(H,64,72)(H,65,73)(H4,53,54,58)(H4,55,56,59)/t31-,32-,36+,37+,38+,39+,40-/m1/s1. The molecule has 74 heavy (non-hydrogen) atoms. The maximum Gasteiger partial charge on any atom is 0.243 e. The average molecular weight is 1030 g/mol. The summed E-state index contributed by atoms with van der Waals surface area (Å²) in [5.74, 6) is -8.34. The highest BCUT2D eigenvalue weighted by Gasteiger charge is 2.35. The summed E-state index contributed by atoms with van der Waals surface area (Å²) in [5, 5.41) is 16.9. The Kier molecular flexibility index (Phi) is 24.0. The van der Waals surface area contributed by atoms with Gasteiger partial charge in [-0.3, -0.25) is 53.1 Å². The second kappa shape index (κ2) is 30.2. The van der Waals surface area contributed by atoms with Gasteiger partial charge in [-0.25, -0.2) is 0 Å². The van der Waals surface area contributed by atoms with E-state index in [-0.39, 0.29) is 122 Å². The molecule has 1 saturated heterocycles. The number of para-hydroxylation sites is 1. The third-order valence-electron chi connectivity index (χ3n) is 12.5. The number of primary amides is 1. The number of aromatic nitrogens is 1. The molecule has 7 amide bonds. The number of hydrogen-bond acceptors (Lipinski definition) is 12. The Morgan fingerprint density at radius 1 is 0.730 bits per heavy atom. The van der Waals surface area contributed by atoms with Gasteiger partial charge in [0, 0.05) is 74.8 Å². The van der Waals surface area contributed by atoms with Crippen LogP contribution >= 0.6 is 0 Å². The van der Waals surface area contributed by atoms with Crippen molar-refractivity contribution in [2.45, 2.75) is 121 Å². The fraction of sp³-hybridized carbons (Fsp3) is 0.500. The number of fused-ring (bicyclic) bond motifs is 1. The maximum atomic E-state index is 14.7. The normalized spacial score (nSPS) is 21.4. The van der Waals surface area contributed by atoms with Crippen molar-refractivity contribution < 1.29 is 43.2 Å². The first-order valence-electron chi connectivity index (χ1n) is 24.8. The van der Waals surface area contributed by atoms with Crippen molar-refractivity contribution in [2.24, 2.45) is 56.2 Å². The Bertz CT molecular complexity index is 2470. The second-order valence-corrected chi connectivity index (χ2v) is 18.4. The van der Waals surface area contributed by atoms with E-state index in [4.69, 9.17) is 34.4 Å². The minimum Gasteiger partial charge on any atom is -0.370 e. The zero-order valence-corrected chi connectivity index (χ0v) is 41.9. The number of carbonyl (C=O) groups excluding carboxylic acids is 9. The van der Waals surface area contributed by atoms with Gasteiger partial charge in [0.25, 0.3) is 0 Å². The first kappa shape index (κ1) is 58.7. The summed E-state index contributed by atoms with van der Waals surface area (Å²) in [6.45, 7) is 1.21. The van der Waals surface area contributed by atoms with Gasteiger partial charge >= 0.3 is 0 Å². The number of aromatic amines is 1. The summed E-state index contributed by atoms with van der Waals surface area (Å²) in [4.78, 5) is 135. The number of ketones is 2. The van der Waals surface area contributed by atoms with Crippen LogP contribution in [0.2, 0.25) is 0 Å². The number of nitrogens with zero attached hydrogens (tertiary/aromatic N) is 2. The van der Waals surface area contributed by atoms with Gasteiger partial charge in [0.05, 0.1) is 6.04 Å². The van der Waals surface area contributed by atoms with Crippen molar-refractivity contribution in [1.82, 2.24) is 36.9 Å². The lowest BCUT2D eigenvalue weighted by Gasteiger charge is -2.27. The van der Waals surface area contributed by atoms with Crippen LogP contribution < -0.4 is 66.3 Å². The quantitative estimate of drug-likeness (QED) is 0.0379. The Hall–Kier alpha value is -7.89. The van der Waals surface area contributed by atoms with Gasteiger partial charge in [-0.15, -0.1) is 0 Å². The van der Waals surface area contributed by atoms with Crippen LogP contribution in [0.5, 0.6) is 0 Å². The molecule has 0 aliphatic carbocycles. The minimum absolute atomic E-state index is 0.0180. The van der Waals surface area contributed by atoms with Gasteiger partial charge < -0.3 is 71.3 Å². The molecular weight excluding hydrogens is 955 g/mol. The van der Waals surface area contributed by atoms with Crippen molar-refractivity contribution in [3.8, 4) is 0 Å². The van der Waals surface area contributed by atoms with Gasteiger partial charge in [-0.05, 0) is 87.9 Å². The fourth-order valence-electron chi connectivity index (χ4n) is 8.66. The SMILES string of the molecule is CC(=O)N[C@@H](CCCN=C(N)N)C(=O)N[C@H]1CCNC(=O)CCC[C@@H](C(N)=O)NC(=O)[C@H](Cc2c[nH]c3ccccc23)CC(=O)[C@H](CCCN=C(N)N)CC(=O)[C@@H](Cc2ccccc2)NC(=O)[C@H](CCN)NC1=O. The molecular formula is C50H73N15O9. The van der Waals surface area contributed by atoms with E-state index in [1.807, 2.05) is 24.3 Å². The molecule has 402 valence electrons. The third kappa shape index (κ3) is 20.0. The molecule has 7 atom stereocenters. The number of guanidine groups is 2. The van der Waals surface area contributed by atoms with E-state index in [0.717, 1.165) is 16.5 Å². The fourth-order valence-corrected chi connectivity index (χ4v) is 8.66. The van der Waals surface area contributed by atoms with E-state index in [2.05, 4.69) is 46.9 Å². The number of carbonyl (C=O) groups is 9.